The molecule has 0 amide bonds. The molecule has 58 valence electrons. The summed E-state index contributed by atoms with van der Waals surface area (Å²) in [6.45, 7) is 0. The van der Waals surface area contributed by atoms with Gasteiger partial charge in [0.15, 0.2) is 0 Å². The molecule has 0 nitrogen and oxygen atoms in total. The van der Waals surface area contributed by atoms with Crippen molar-refractivity contribution in [2.75, 3.05) is 0 Å². The molecule has 0 atom stereocenters. The molecule has 0 aliphatic heterocycles. The quantitative estimate of drug-likeness (QED) is 0.745. The van der Waals surface area contributed by atoms with Gasteiger partial charge >= 0.3 is 0 Å². The van der Waals surface area contributed by atoms with Gasteiger partial charge in [0.25, 0.3) is 0 Å². The van der Waals surface area contributed by atoms with E-state index in [0.717, 1.165) is 9.72 Å². The molecule has 1 aliphatic rings. The second-order valence-corrected chi connectivity index (χ2v) is 5.06. The lowest BCUT2D eigenvalue weighted by Gasteiger charge is -1.97. The monoisotopic (exact) mass is 228 g/mol. The average molecular weight is 229 g/mol. The van der Waals surface area contributed by atoms with E-state index in [9.17, 15) is 0 Å². The van der Waals surface area contributed by atoms with Gasteiger partial charge in [-0.05, 0) is 37.1 Å². The van der Waals surface area contributed by atoms with Crippen LogP contribution in [0.1, 0.15) is 12.8 Å². The van der Waals surface area contributed by atoms with E-state index in [1.54, 1.807) is 0 Å². The highest BCUT2D eigenvalue weighted by atomic mass is 79.9. The summed E-state index contributed by atoms with van der Waals surface area (Å²) in [5.74, 6) is 0. The first-order valence-electron chi connectivity index (χ1n) is 3.77. The minimum Gasteiger partial charge on any atom is -0.123 e. The van der Waals surface area contributed by atoms with E-state index in [2.05, 4.69) is 40.2 Å². The minimum atomic E-state index is 0.913. The highest BCUT2D eigenvalue weighted by molar-refractivity contribution is 9.10. The molecule has 11 heavy (non-hydrogen) atoms. The Morgan fingerprint density at radius 2 is 1.82 bits per heavy atom. The van der Waals surface area contributed by atoms with Crippen LogP contribution in [-0.2, 0) is 0 Å². The predicted molar refractivity (Wildman–Crippen MR) is 53.0 cm³/mol. The molecular formula is C9H9BrS. The zero-order chi connectivity index (χ0) is 7.68. The molecule has 0 bridgehead atoms. The Labute approximate surface area is 79.5 Å². The van der Waals surface area contributed by atoms with Crippen molar-refractivity contribution in [1.82, 2.24) is 0 Å². The van der Waals surface area contributed by atoms with Gasteiger partial charge in [-0.15, -0.1) is 11.8 Å². The Bertz CT molecular complexity index is 238. The third kappa shape index (κ3) is 2.24. The molecule has 0 aromatic heterocycles. The third-order valence-electron chi connectivity index (χ3n) is 1.64. The van der Waals surface area contributed by atoms with Crippen molar-refractivity contribution in [2.24, 2.45) is 0 Å². The Hall–Kier alpha value is 0.0500. The van der Waals surface area contributed by atoms with Crippen molar-refractivity contribution in [2.45, 2.75) is 23.0 Å². The molecule has 0 N–H and O–H groups in total. The van der Waals surface area contributed by atoms with Gasteiger partial charge in [-0.2, -0.15) is 0 Å². The van der Waals surface area contributed by atoms with E-state index < -0.39 is 0 Å². The number of thioether (sulfide) groups is 1. The second-order valence-electron chi connectivity index (χ2n) is 2.77. The summed E-state index contributed by atoms with van der Waals surface area (Å²) in [6.07, 6.45) is 2.81. The SMILES string of the molecule is Brc1ccc(SC2CC2)cc1. The molecule has 0 saturated heterocycles. The molecule has 1 saturated carbocycles. The molecular weight excluding hydrogens is 220 g/mol. The lowest BCUT2D eigenvalue weighted by atomic mass is 10.4. The van der Waals surface area contributed by atoms with Gasteiger partial charge < -0.3 is 0 Å². The van der Waals surface area contributed by atoms with Crippen molar-refractivity contribution in [1.29, 1.82) is 0 Å². The molecule has 0 spiro atoms. The van der Waals surface area contributed by atoms with E-state index in [1.165, 1.54) is 17.7 Å². The molecule has 1 aromatic rings. The van der Waals surface area contributed by atoms with Crippen LogP contribution in [0.25, 0.3) is 0 Å². The van der Waals surface area contributed by atoms with Gasteiger partial charge in [-0.3, -0.25) is 0 Å². The first-order valence-corrected chi connectivity index (χ1v) is 5.44. The Balaban J connectivity index is 2.06. The van der Waals surface area contributed by atoms with Crippen molar-refractivity contribution < 1.29 is 0 Å². The molecule has 1 aromatic carbocycles. The van der Waals surface area contributed by atoms with E-state index >= 15 is 0 Å². The molecule has 0 heterocycles. The smallest absolute Gasteiger partial charge is 0.0176 e. The van der Waals surface area contributed by atoms with Gasteiger partial charge in [0.1, 0.15) is 0 Å². The molecule has 1 aliphatic carbocycles. The molecule has 1 fully saturated rings. The predicted octanol–water partition coefficient (Wildman–Crippen LogP) is 3.70. The van der Waals surface area contributed by atoms with Crippen LogP contribution in [0, 0.1) is 0 Å². The van der Waals surface area contributed by atoms with Gasteiger partial charge in [-0.1, -0.05) is 15.9 Å². The van der Waals surface area contributed by atoms with E-state index in [0.29, 0.717) is 0 Å². The van der Waals surface area contributed by atoms with Crippen LogP contribution < -0.4 is 0 Å². The Morgan fingerprint density at radius 3 is 2.36 bits per heavy atom. The van der Waals surface area contributed by atoms with E-state index in [4.69, 9.17) is 0 Å². The summed E-state index contributed by atoms with van der Waals surface area (Å²) >= 11 is 5.42. The maximum absolute atomic E-state index is 3.42. The lowest BCUT2D eigenvalue weighted by molar-refractivity contribution is 1.41. The van der Waals surface area contributed by atoms with Gasteiger partial charge in [-0.25, -0.2) is 0 Å². The average Bonchev–Trinajstić information content (AvgIpc) is 2.78. The molecule has 2 rings (SSSR count). The number of hydrogen-bond donors (Lipinski definition) is 0. The molecule has 2 heteroatoms. The largest absolute Gasteiger partial charge is 0.123 e. The summed E-state index contributed by atoms with van der Waals surface area (Å²) in [6, 6.07) is 8.55. The fourth-order valence-electron chi connectivity index (χ4n) is 0.892. The van der Waals surface area contributed by atoms with Crippen LogP contribution in [0.2, 0.25) is 0 Å². The fourth-order valence-corrected chi connectivity index (χ4v) is 2.21. The Morgan fingerprint density at radius 1 is 1.18 bits per heavy atom. The van der Waals surface area contributed by atoms with Crippen molar-refractivity contribution in [3.8, 4) is 0 Å². The summed E-state index contributed by atoms with van der Waals surface area (Å²) < 4.78 is 1.16. The van der Waals surface area contributed by atoms with Crippen molar-refractivity contribution >= 4 is 27.7 Å². The van der Waals surface area contributed by atoms with Crippen LogP contribution >= 0.6 is 27.7 Å². The van der Waals surface area contributed by atoms with Crippen LogP contribution in [0.4, 0.5) is 0 Å². The highest BCUT2D eigenvalue weighted by Crippen LogP contribution is 2.39. The van der Waals surface area contributed by atoms with Gasteiger partial charge in [0.05, 0.1) is 0 Å². The summed E-state index contributed by atoms with van der Waals surface area (Å²) in [7, 11) is 0. The second kappa shape index (κ2) is 3.20. The van der Waals surface area contributed by atoms with Gasteiger partial charge in [0.2, 0.25) is 0 Å². The Kier molecular flexibility index (Phi) is 2.23. The maximum atomic E-state index is 3.42. The van der Waals surface area contributed by atoms with E-state index in [-0.39, 0.29) is 0 Å². The van der Waals surface area contributed by atoms with Crippen LogP contribution in [-0.4, -0.2) is 5.25 Å². The summed E-state index contributed by atoms with van der Waals surface area (Å²) in [4.78, 5) is 1.40. The number of benzene rings is 1. The maximum Gasteiger partial charge on any atom is 0.0176 e. The number of rotatable bonds is 2. The van der Waals surface area contributed by atoms with Crippen LogP contribution in [0.5, 0.6) is 0 Å². The van der Waals surface area contributed by atoms with Crippen molar-refractivity contribution in [3.05, 3.63) is 28.7 Å². The molecule has 0 radical (unpaired) electrons. The zero-order valence-corrected chi connectivity index (χ0v) is 8.49. The first-order chi connectivity index (χ1) is 5.34. The third-order valence-corrected chi connectivity index (χ3v) is 3.52. The van der Waals surface area contributed by atoms with Crippen LogP contribution in [0.15, 0.2) is 33.6 Å². The fraction of sp³-hybridized carbons (Fsp3) is 0.333. The van der Waals surface area contributed by atoms with Crippen molar-refractivity contribution in [3.63, 3.8) is 0 Å². The first kappa shape index (κ1) is 7.69. The summed E-state index contributed by atoms with van der Waals surface area (Å²) in [5, 5.41) is 0.913. The summed E-state index contributed by atoms with van der Waals surface area (Å²) in [5.41, 5.74) is 0. The zero-order valence-electron chi connectivity index (χ0n) is 6.09. The number of hydrogen-bond acceptors (Lipinski definition) is 1. The molecule has 0 unspecified atom stereocenters. The standard InChI is InChI=1S/C9H9BrS/c10-7-1-3-8(4-2-7)11-9-5-6-9/h1-4,9H,5-6H2. The minimum absolute atomic E-state index is 0.913. The topological polar surface area (TPSA) is 0 Å². The lowest BCUT2D eigenvalue weighted by Crippen LogP contribution is -1.73. The normalized spacial score (nSPS) is 16.8. The van der Waals surface area contributed by atoms with Gasteiger partial charge in [0, 0.05) is 14.6 Å². The number of halogens is 1. The highest BCUT2D eigenvalue weighted by Gasteiger charge is 2.22. The van der Waals surface area contributed by atoms with Crippen LogP contribution in [0.3, 0.4) is 0 Å². The van der Waals surface area contributed by atoms with E-state index in [1.807, 2.05) is 11.8 Å².